The van der Waals surface area contributed by atoms with Crippen molar-refractivity contribution in [3.8, 4) is 0 Å². The maximum Gasteiger partial charge on any atom is 0.0745 e. The SMILES string of the molecule is CC(O)COCCc1ccccc1. The molecule has 2 nitrogen and oxygen atoms in total. The molecule has 0 aliphatic rings. The second-order valence-corrected chi connectivity index (χ2v) is 3.16. The van der Waals surface area contributed by atoms with Crippen LogP contribution in [0.1, 0.15) is 12.5 Å². The van der Waals surface area contributed by atoms with Gasteiger partial charge in [0.25, 0.3) is 0 Å². The lowest BCUT2D eigenvalue weighted by Crippen LogP contribution is -2.11. The topological polar surface area (TPSA) is 29.5 Å². The minimum Gasteiger partial charge on any atom is -0.391 e. The van der Waals surface area contributed by atoms with Crippen molar-refractivity contribution >= 4 is 0 Å². The van der Waals surface area contributed by atoms with Gasteiger partial charge >= 0.3 is 0 Å². The predicted octanol–water partition coefficient (Wildman–Crippen LogP) is 1.63. The van der Waals surface area contributed by atoms with Crippen LogP contribution in [0.15, 0.2) is 30.3 Å². The van der Waals surface area contributed by atoms with Gasteiger partial charge < -0.3 is 9.84 Å². The molecule has 1 aromatic rings. The third kappa shape index (κ3) is 4.65. The second kappa shape index (κ2) is 5.73. The zero-order chi connectivity index (χ0) is 9.52. The van der Waals surface area contributed by atoms with Crippen molar-refractivity contribution in [1.82, 2.24) is 0 Å². The van der Waals surface area contributed by atoms with Crippen LogP contribution in [0.5, 0.6) is 0 Å². The largest absolute Gasteiger partial charge is 0.391 e. The van der Waals surface area contributed by atoms with Crippen molar-refractivity contribution in [2.75, 3.05) is 13.2 Å². The molecule has 0 aromatic heterocycles. The molecule has 0 saturated heterocycles. The van der Waals surface area contributed by atoms with E-state index in [1.165, 1.54) is 5.56 Å². The highest BCUT2D eigenvalue weighted by atomic mass is 16.5. The Bertz CT molecular complexity index is 219. The summed E-state index contributed by atoms with van der Waals surface area (Å²) < 4.78 is 5.25. The Morgan fingerprint density at radius 2 is 2.00 bits per heavy atom. The van der Waals surface area contributed by atoms with E-state index in [0.717, 1.165) is 6.42 Å². The summed E-state index contributed by atoms with van der Waals surface area (Å²) in [6, 6.07) is 10.2. The molecule has 13 heavy (non-hydrogen) atoms. The van der Waals surface area contributed by atoms with Crippen LogP contribution < -0.4 is 0 Å². The van der Waals surface area contributed by atoms with Crippen molar-refractivity contribution in [3.05, 3.63) is 35.9 Å². The van der Waals surface area contributed by atoms with E-state index >= 15 is 0 Å². The smallest absolute Gasteiger partial charge is 0.0745 e. The van der Waals surface area contributed by atoms with Gasteiger partial charge in [0.15, 0.2) is 0 Å². The van der Waals surface area contributed by atoms with E-state index in [1.54, 1.807) is 6.92 Å². The third-order valence-corrected chi connectivity index (χ3v) is 1.74. The van der Waals surface area contributed by atoms with Crippen LogP contribution in [0.3, 0.4) is 0 Å². The summed E-state index contributed by atoms with van der Waals surface area (Å²) in [5.74, 6) is 0. The molecule has 0 aliphatic heterocycles. The van der Waals surface area contributed by atoms with Crippen LogP contribution in [0.2, 0.25) is 0 Å². The monoisotopic (exact) mass is 180 g/mol. The van der Waals surface area contributed by atoms with Crippen LogP contribution in [0.25, 0.3) is 0 Å². The van der Waals surface area contributed by atoms with Gasteiger partial charge in [-0.15, -0.1) is 0 Å². The van der Waals surface area contributed by atoms with Crippen molar-refractivity contribution in [2.24, 2.45) is 0 Å². The Hall–Kier alpha value is -0.860. The van der Waals surface area contributed by atoms with Crippen molar-refractivity contribution in [2.45, 2.75) is 19.4 Å². The van der Waals surface area contributed by atoms with Crippen LogP contribution in [0, 0.1) is 0 Å². The van der Waals surface area contributed by atoms with E-state index in [1.807, 2.05) is 18.2 Å². The van der Waals surface area contributed by atoms with Gasteiger partial charge in [-0.1, -0.05) is 30.3 Å². The summed E-state index contributed by atoms with van der Waals surface area (Å²) in [7, 11) is 0. The fourth-order valence-corrected chi connectivity index (χ4v) is 1.09. The predicted molar refractivity (Wildman–Crippen MR) is 52.6 cm³/mol. The van der Waals surface area contributed by atoms with Gasteiger partial charge in [-0.3, -0.25) is 0 Å². The van der Waals surface area contributed by atoms with E-state index in [9.17, 15) is 0 Å². The highest BCUT2D eigenvalue weighted by Gasteiger charge is 1.95. The van der Waals surface area contributed by atoms with Gasteiger partial charge in [0, 0.05) is 0 Å². The molecule has 0 spiro atoms. The Morgan fingerprint density at radius 1 is 1.31 bits per heavy atom. The standard InChI is InChI=1S/C11H16O2/c1-10(12)9-13-8-7-11-5-3-2-4-6-11/h2-6,10,12H,7-9H2,1H3. The van der Waals surface area contributed by atoms with Crippen LogP contribution in [-0.4, -0.2) is 24.4 Å². The molecule has 1 rings (SSSR count). The minimum atomic E-state index is -0.365. The van der Waals surface area contributed by atoms with Gasteiger partial charge in [-0.05, 0) is 18.9 Å². The molecule has 72 valence electrons. The maximum absolute atomic E-state index is 8.92. The number of rotatable bonds is 5. The Morgan fingerprint density at radius 3 is 2.62 bits per heavy atom. The van der Waals surface area contributed by atoms with Gasteiger partial charge in [-0.2, -0.15) is 0 Å². The summed E-state index contributed by atoms with van der Waals surface area (Å²) in [6.45, 7) is 2.82. The number of benzene rings is 1. The Balaban J connectivity index is 2.13. The minimum absolute atomic E-state index is 0.365. The number of aliphatic hydroxyl groups excluding tert-OH is 1. The number of hydrogen-bond acceptors (Lipinski definition) is 2. The highest BCUT2D eigenvalue weighted by Crippen LogP contribution is 1.99. The zero-order valence-electron chi connectivity index (χ0n) is 7.94. The maximum atomic E-state index is 8.92. The van der Waals surface area contributed by atoms with E-state index in [-0.39, 0.29) is 6.10 Å². The summed E-state index contributed by atoms with van der Waals surface area (Å²) >= 11 is 0. The molecular formula is C11H16O2. The zero-order valence-corrected chi connectivity index (χ0v) is 7.94. The lowest BCUT2D eigenvalue weighted by molar-refractivity contribution is 0.0477. The van der Waals surface area contributed by atoms with Crippen molar-refractivity contribution in [1.29, 1.82) is 0 Å². The summed E-state index contributed by atoms with van der Waals surface area (Å²) in [5, 5.41) is 8.92. The van der Waals surface area contributed by atoms with Crippen LogP contribution in [-0.2, 0) is 11.2 Å². The number of aliphatic hydroxyl groups is 1. The fraction of sp³-hybridized carbons (Fsp3) is 0.455. The first-order chi connectivity index (χ1) is 6.29. The average Bonchev–Trinajstić information content (AvgIpc) is 2.14. The molecule has 0 heterocycles. The molecule has 0 radical (unpaired) electrons. The van der Waals surface area contributed by atoms with Gasteiger partial charge in [-0.25, -0.2) is 0 Å². The van der Waals surface area contributed by atoms with Gasteiger partial charge in [0.05, 0.1) is 19.3 Å². The van der Waals surface area contributed by atoms with E-state index in [2.05, 4.69) is 12.1 Å². The number of hydrogen-bond donors (Lipinski definition) is 1. The molecule has 0 fully saturated rings. The fourth-order valence-electron chi connectivity index (χ4n) is 1.09. The summed E-state index contributed by atoms with van der Waals surface area (Å²) in [6.07, 6.45) is 0.545. The second-order valence-electron chi connectivity index (χ2n) is 3.16. The van der Waals surface area contributed by atoms with Crippen molar-refractivity contribution < 1.29 is 9.84 Å². The Kier molecular flexibility index (Phi) is 4.50. The first-order valence-corrected chi connectivity index (χ1v) is 4.59. The average molecular weight is 180 g/mol. The molecule has 2 heteroatoms. The van der Waals surface area contributed by atoms with E-state index in [4.69, 9.17) is 9.84 Å². The van der Waals surface area contributed by atoms with Gasteiger partial charge in [0.2, 0.25) is 0 Å². The molecule has 1 atom stereocenters. The molecule has 1 N–H and O–H groups in total. The lowest BCUT2D eigenvalue weighted by Gasteiger charge is -2.05. The molecule has 0 aliphatic carbocycles. The molecule has 1 aromatic carbocycles. The van der Waals surface area contributed by atoms with Crippen LogP contribution >= 0.6 is 0 Å². The molecule has 1 unspecified atom stereocenters. The Labute approximate surface area is 79.2 Å². The van der Waals surface area contributed by atoms with E-state index in [0.29, 0.717) is 13.2 Å². The quantitative estimate of drug-likeness (QED) is 0.698. The first-order valence-electron chi connectivity index (χ1n) is 4.59. The highest BCUT2D eigenvalue weighted by molar-refractivity contribution is 5.14. The van der Waals surface area contributed by atoms with Crippen molar-refractivity contribution in [3.63, 3.8) is 0 Å². The summed E-state index contributed by atoms with van der Waals surface area (Å²) in [4.78, 5) is 0. The molecule has 0 saturated carbocycles. The lowest BCUT2D eigenvalue weighted by atomic mass is 10.2. The summed E-state index contributed by atoms with van der Waals surface area (Å²) in [5.41, 5.74) is 1.27. The molecular weight excluding hydrogens is 164 g/mol. The number of ether oxygens (including phenoxy) is 1. The molecule has 0 bridgehead atoms. The normalized spacial score (nSPS) is 12.8. The first kappa shape index (κ1) is 10.2. The van der Waals surface area contributed by atoms with E-state index < -0.39 is 0 Å². The van der Waals surface area contributed by atoms with Crippen LogP contribution in [0.4, 0.5) is 0 Å². The molecule has 0 amide bonds. The van der Waals surface area contributed by atoms with Gasteiger partial charge in [0.1, 0.15) is 0 Å². The third-order valence-electron chi connectivity index (χ3n) is 1.74.